The molecule has 0 atom stereocenters. The Morgan fingerprint density at radius 3 is 2.13 bits per heavy atom. The van der Waals surface area contributed by atoms with Gasteiger partial charge in [-0.25, -0.2) is 0 Å². The summed E-state index contributed by atoms with van der Waals surface area (Å²) in [6.45, 7) is 2.27. The smallest absolute Gasteiger partial charge is 0.0540 e. The van der Waals surface area contributed by atoms with Gasteiger partial charge in [-0.05, 0) is 31.6 Å². The van der Waals surface area contributed by atoms with Crippen molar-refractivity contribution in [2.45, 2.75) is 83.7 Å². The average molecular weight is 212 g/mol. The van der Waals surface area contributed by atoms with Crippen LogP contribution in [0.5, 0.6) is 0 Å². The van der Waals surface area contributed by atoms with Gasteiger partial charge < -0.3 is 5.11 Å². The molecule has 0 bridgehead atoms. The Balaban J connectivity index is 1.87. The minimum atomic E-state index is 0.0193. The van der Waals surface area contributed by atoms with E-state index in [0.29, 0.717) is 0 Å². The molecular weight excluding hydrogens is 184 g/mol. The normalized spacial score (nSPS) is 26.8. The maximum absolute atomic E-state index is 9.40. The van der Waals surface area contributed by atoms with Gasteiger partial charge in [-0.3, -0.25) is 0 Å². The molecule has 0 aliphatic heterocycles. The van der Waals surface area contributed by atoms with Crippen molar-refractivity contribution in [3.05, 3.63) is 0 Å². The zero-order valence-corrected chi connectivity index (χ0v) is 10.4. The molecule has 1 rings (SSSR count). The van der Waals surface area contributed by atoms with E-state index < -0.39 is 0 Å². The molecule has 0 aromatic rings. The summed E-state index contributed by atoms with van der Waals surface area (Å²) >= 11 is 0. The first-order chi connectivity index (χ1) is 7.33. The summed E-state index contributed by atoms with van der Waals surface area (Å²) in [5, 5.41) is 9.40. The SMILES string of the molecule is CCCCCCCCC1CCC(O)CC1. The van der Waals surface area contributed by atoms with Crippen LogP contribution >= 0.6 is 0 Å². The molecule has 1 aliphatic carbocycles. The van der Waals surface area contributed by atoms with Crippen molar-refractivity contribution in [1.29, 1.82) is 0 Å². The van der Waals surface area contributed by atoms with Crippen LogP contribution in [-0.4, -0.2) is 11.2 Å². The molecule has 1 nitrogen and oxygen atoms in total. The van der Waals surface area contributed by atoms with Crippen molar-refractivity contribution in [3.8, 4) is 0 Å². The van der Waals surface area contributed by atoms with Crippen LogP contribution in [0.2, 0.25) is 0 Å². The zero-order chi connectivity index (χ0) is 10.9. The Morgan fingerprint density at radius 1 is 0.867 bits per heavy atom. The number of aliphatic hydroxyl groups is 1. The second kappa shape index (κ2) is 8.15. The Kier molecular flexibility index (Phi) is 7.08. The lowest BCUT2D eigenvalue weighted by molar-refractivity contribution is 0.106. The van der Waals surface area contributed by atoms with E-state index in [-0.39, 0.29) is 6.10 Å². The zero-order valence-electron chi connectivity index (χ0n) is 10.4. The molecule has 0 aromatic carbocycles. The highest BCUT2D eigenvalue weighted by Gasteiger charge is 2.18. The first kappa shape index (κ1) is 13.0. The Labute approximate surface area is 95.3 Å². The standard InChI is InChI=1S/C14H28O/c1-2-3-4-5-6-7-8-13-9-11-14(15)12-10-13/h13-15H,2-12H2,1H3. The summed E-state index contributed by atoms with van der Waals surface area (Å²) in [6, 6.07) is 0. The van der Waals surface area contributed by atoms with Gasteiger partial charge in [-0.1, -0.05) is 51.9 Å². The second-order valence-electron chi connectivity index (χ2n) is 5.23. The topological polar surface area (TPSA) is 20.2 Å². The predicted molar refractivity (Wildman–Crippen MR) is 66.0 cm³/mol. The van der Waals surface area contributed by atoms with Gasteiger partial charge in [0.15, 0.2) is 0 Å². The van der Waals surface area contributed by atoms with Gasteiger partial charge in [0, 0.05) is 0 Å². The maximum Gasteiger partial charge on any atom is 0.0540 e. The molecule has 0 radical (unpaired) electrons. The Bertz CT molecular complexity index is 136. The summed E-state index contributed by atoms with van der Waals surface area (Å²) in [7, 11) is 0. The van der Waals surface area contributed by atoms with E-state index in [2.05, 4.69) is 6.92 Å². The Morgan fingerprint density at radius 2 is 1.47 bits per heavy atom. The van der Waals surface area contributed by atoms with Crippen LogP contribution in [0.15, 0.2) is 0 Å². The first-order valence-corrected chi connectivity index (χ1v) is 7.01. The van der Waals surface area contributed by atoms with Crippen molar-refractivity contribution in [3.63, 3.8) is 0 Å². The molecular formula is C14H28O. The Hall–Kier alpha value is -0.0400. The lowest BCUT2D eigenvalue weighted by Crippen LogP contribution is -2.17. The van der Waals surface area contributed by atoms with E-state index >= 15 is 0 Å². The third-order valence-corrected chi connectivity index (χ3v) is 3.78. The molecule has 1 aliphatic rings. The number of rotatable bonds is 7. The number of unbranched alkanes of at least 4 members (excludes halogenated alkanes) is 5. The highest BCUT2D eigenvalue weighted by Crippen LogP contribution is 2.28. The van der Waals surface area contributed by atoms with Crippen molar-refractivity contribution >= 4 is 0 Å². The van der Waals surface area contributed by atoms with E-state index in [1.54, 1.807) is 0 Å². The lowest BCUT2D eigenvalue weighted by atomic mass is 9.84. The van der Waals surface area contributed by atoms with Crippen LogP contribution in [0.1, 0.15) is 77.6 Å². The number of aliphatic hydroxyl groups excluding tert-OH is 1. The summed E-state index contributed by atoms with van der Waals surface area (Å²) in [5.41, 5.74) is 0. The van der Waals surface area contributed by atoms with Crippen molar-refractivity contribution in [2.24, 2.45) is 5.92 Å². The lowest BCUT2D eigenvalue weighted by Gasteiger charge is -2.25. The van der Waals surface area contributed by atoms with E-state index in [1.807, 2.05) is 0 Å². The van der Waals surface area contributed by atoms with Crippen molar-refractivity contribution in [1.82, 2.24) is 0 Å². The van der Waals surface area contributed by atoms with E-state index in [0.717, 1.165) is 18.8 Å². The molecule has 0 spiro atoms. The fourth-order valence-corrected chi connectivity index (χ4v) is 2.65. The van der Waals surface area contributed by atoms with Gasteiger partial charge in [0.05, 0.1) is 6.10 Å². The molecule has 15 heavy (non-hydrogen) atoms. The molecule has 0 saturated heterocycles. The minimum Gasteiger partial charge on any atom is -0.393 e. The molecule has 0 heterocycles. The van der Waals surface area contributed by atoms with E-state index in [9.17, 15) is 5.11 Å². The maximum atomic E-state index is 9.40. The molecule has 0 amide bonds. The van der Waals surface area contributed by atoms with Gasteiger partial charge in [0.2, 0.25) is 0 Å². The predicted octanol–water partition coefficient (Wildman–Crippen LogP) is 4.29. The number of hydrogen-bond acceptors (Lipinski definition) is 1. The first-order valence-electron chi connectivity index (χ1n) is 7.01. The van der Waals surface area contributed by atoms with Crippen LogP contribution in [-0.2, 0) is 0 Å². The molecule has 90 valence electrons. The number of hydrogen-bond donors (Lipinski definition) is 1. The molecule has 0 aromatic heterocycles. The molecule has 0 unspecified atom stereocenters. The van der Waals surface area contributed by atoms with Crippen LogP contribution < -0.4 is 0 Å². The highest BCUT2D eigenvalue weighted by atomic mass is 16.3. The molecule has 1 N–H and O–H groups in total. The van der Waals surface area contributed by atoms with Gasteiger partial charge >= 0.3 is 0 Å². The van der Waals surface area contributed by atoms with Crippen LogP contribution in [0.3, 0.4) is 0 Å². The van der Waals surface area contributed by atoms with Crippen LogP contribution in [0.4, 0.5) is 0 Å². The summed E-state index contributed by atoms with van der Waals surface area (Å²) in [5.74, 6) is 0.930. The van der Waals surface area contributed by atoms with Gasteiger partial charge in [0.1, 0.15) is 0 Å². The largest absolute Gasteiger partial charge is 0.393 e. The molecule has 1 heteroatoms. The highest BCUT2D eigenvalue weighted by molar-refractivity contribution is 4.71. The van der Waals surface area contributed by atoms with E-state index in [4.69, 9.17) is 0 Å². The monoisotopic (exact) mass is 212 g/mol. The summed E-state index contributed by atoms with van der Waals surface area (Å²) in [6.07, 6.45) is 14.6. The molecule has 1 fully saturated rings. The third-order valence-electron chi connectivity index (χ3n) is 3.78. The minimum absolute atomic E-state index is 0.0193. The fraction of sp³-hybridized carbons (Fsp3) is 1.00. The summed E-state index contributed by atoms with van der Waals surface area (Å²) < 4.78 is 0. The van der Waals surface area contributed by atoms with Gasteiger partial charge in [-0.15, -0.1) is 0 Å². The van der Waals surface area contributed by atoms with Crippen LogP contribution in [0.25, 0.3) is 0 Å². The quantitative estimate of drug-likeness (QED) is 0.624. The fourth-order valence-electron chi connectivity index (χ4n) is 2.65. The summed E-state index contributed by atoms with van der Waals surface area (Å²) in [4.78, 5) is 0. The average Bonchev–Trinajstić information content (AvgIpc) is 2.26. The van der Waals surface area contributed by atoms with Gasteiger partial charge in [-0.2, -0.15) is 0 Å². The van der Waals surface area contributed by atoms with Crippen LogP contribution in [0, 0.1) is 5.92 Å². The van der Waals surface area contributed by atoms with Crippen molar-refractivity contribution < 1.29 is 5.11 Å². The third kappa shape index (κ3) is 6.19. The molecule has 1 saturated carbocycles. The van der Waals surface area contributed by atoms with Gasteiger partial charge in [0.25, 0.3) is 0 Å². The van der Waals surface area contributed by atoms with Crippen molar-refractivity contribution in [2.75, 3.05) is 0 Å². The van der Waals surface area contributed by atoms with E-state index in [1.165, 1.54) is 57.8 Å². The second-order valence-corrected chi connectivity index (χ2v) is 5.23.